The van der Waals surface area contributed by atoms with Crippen LogP contribution in [-0.4, -0.2) is 17.9 Å². The molecule has 0 amide bonds. The first-order valence-electron chi connectivity index (χ1n) is 3.58. The van der Waals surface area contributed by atoms with Gasteiger partial charge in [0.05, 0.1) is 12.0 Å². The lowest BCUT2D eigenvalue weighted by Crippen LogP contribution is -2.09. The van der Waals surface area contributed by atoms with E-state index in [1.807, 2.05) is 0 Å². The van der Waals surface area contributed by atoms with Gasteiger partial charge >= 0.3 is 5.44 Å². The molecule has 0 radical (unpaired) electrons. The molecule has 4 nitrogen and oxygen atoms in total. The highest BCUT2D eigenvalue weighted by molar-refractivity contribution is 7.43. The summed E-state index contributed by atoms with van der Waals surface area (Å²) >= 11 is 0. The average Bonchev–Trinajstić information content (AvgIpc) is 2.02. The van der Waals surface area contributed by atoms with E-state index >= 15 is 0 Å². The second-order valence-corrected chi connectivity index (χ2v) is 3.85. The number of allylic oxidation sites excluding steroid dienone is 2. The average molecular weight is 205 g/mol. The number of hydrogen-bond donors (Lipinski definition) is 0. The van der Waals surface area contributed by atoms with Gasteiger partial charge in [0, 0.05) is 8.58 Å². The van der Waals surface area contributed by atoms with E-state index < -0.39 is 19.4 Å². The van der Waals surface area contributed by atoms with Crippen LogP contribution in [0, 0.1) is 10.1 Å². The molecule has 0 saturated heterocycles. The first-order chi connectivity index (χ1) is 6.06. The van der Waals surface area contributed by atoms with Gasteiger partial charge in [-0.15, -0.1) is 0 Å². The summed E-state index contributed by atoms with van der Waals surface area (Å²) in [6.45, 7) is 1.60. The molecule has 6 heteroatoms. The maximum Gasteiger partial charge on any atom is 0.307 e. The largest absolute Gasteiger partial charge is 0.490 e. The van der Waals surface area contributed by atoms with Crippen molar-refractivity contribution in [2.75, 3.05) is 7.11 Å². The summed E-state index contributed by atoms with van der Waals surface area (Å²) in [5.41, 5.74) is 0.329. The van der Waals surface area contributed by atoms with Crippen LogP contribution < -0.4 is 0 Å². The number of hydrogen-bond acceptors (Lipinski definition) is 3. The van der Waals surface area contributed by atoms with Crippen LogP contribution in [0.3, 0.4) is 0 Å². The molecule has 1 aliphatic heterocycles. The van der Waals surface area contributed by atoms with Gasteiger partial charge in [0.15, 0.2) is 5.76 Å². The Balaban J connectivity index is 3.09. The van der Waals surface area contributed by atoms with Gasteiger partial charge in [0.25, 0.3) is 0 Å². The Morgan fingerprint density at radius 3 is 2.85 bits per heavy atom. The SMILES string of the molecule is COC1=C([N+](=O)[O-])PC(F)C=C1C. The summed E-state index contributed by atoms with van der Waals surface area (Å²) < 4.78 is 17.7. The molecule has 1 aliphatic rings. The molecule has 0 aliphatic carbocycles. The number of methoxy groups -OCH3 is 1. The molecule has 0 spiro atoms. The predicted molar refractivity (Wildman–Crippen MR) is 48.0 cm³/mol. The van der Waals surface area contributed by atoms with E-state index in [-0.39, 0.29) is 11.2 Å². The van der Waals surface area contributed by atoms with Crippen molar-refractivity contribution in [1.82, 2.24) is 0 Å². The quantitative estimate of drug-likeness (QED) is 0.393. The minimum atomic E-state index is -1.25. The maximum atomic E-state index is 12.9. The van der Waals surface area contributed by atoms with Crippen molar-refractivity contribution in [2.45, 2.75) is 12.8 Å². The van der Waals surface area contributed by atoms with Crippen molar-refractivity contribution in [3.05, 3.63) is 33.0 Å². The normalized spacial score (nSPS) is 24.5. The minimum Gasteiger partial charge on any atom is -0.490 e. The first-order valence-corrected chi connectivity index (χ1v) is 4.66. The van der Waals surface area contributed by atoms with Gasteiger partial charge in [-0.25, -0.2) is 4.39 Å². The van der Waals surface area contributed by atoms with Crippen LogP contribution in [-0.2, 0) is 4.74 Å². The number of rotatable bonds is 2. The van der Waals surface area contributed by atoms with Crippen LogP contribution in [0.2, 0.25) is 0 Å². The van der Waals surface area contributed by atoms with Crippen LogP contribution in [0.4, 0.5) is 4.39 Å². The van der Waals surface area contributed by atoms with Crippen LogP contribution in [0.1, 0.15) is 6.92 Å². The Morgan fingerprint density at radius 2 is 2.38 bits per heavy atom. The molecule has 13 heavy (non-hydrogen) atoms. The fourth-order valence-electron chi connectivity index (χ4n) is 1.11. The molecule has 1 heterocycles. The first kappa shape index (κ1) is 10.1. The maximum absolute atomic E-state index is 12.9. The summed E-state index contributed by atoms with van der Waals surface area (Å²) in [5.74, 6) is -1.06. The predicted octanol–water partition coefficient (Wildman–Crippen LogP) is 2.01. The van der Waals surface area contributed by atoms with Crippen molar-refractivity contribution in [1.29, 1.82) is 0 Å². The lowest BCUT2D eigenvalue weighted by atomic mass is 10.2. The topological polar surface area (TPSA) is 52.4 Å². The van der Waals surface area contributed by atoms with E-state index in [0.29, 0.717) is 5.57 Å². The molecular formula is C7H9FNO3P. The third kappa shape index (κ3) is 2.04. The Bertz CT molecular complexity index is 300. The smallest absolute Gasteiger partial charge is 0.307 e. The molecule has 0 fully saturated rings. The lowest BCUT2D eigenvalue weighted by Gasteiger charge is -2.14. The van der Waals surface area contributed by atoms with Crippen molar-refractivity contribution >= 4 is 8.58 Å². The highest BCUT2D eigenvalue weighted by atomic mass is 31.1. The van der Waals surface area contributed by atoms with Crippen molar-refractivity contribution in [3.63, 3.8) is 0 Å². The van der Waals surface area contributed by atoms with Gasteiger partial charge in [0.1, 0.15) is 5.91 Å². The zero-order valence-electron chi connectivity index (χ0n) is 7.20. The summed E-state index contributed by atoms with van der Waals surface area (Å²) in [5, 5.41) is 10.5. The van der Waals surface area contributed by atoms with E-state index in [0.717, 1.165) is 0 Å². The molecular weight excluding hydrogens is 196 g/mol. The van der Waals surface area contributed by atoms with Gasteiger partial charge in [-0.1, -0.05) is 0 Å². The summed E-state index contributed by atoms with van der Waals surface area (Å²) in [6.07, 6.45) is 1.34. The van der Waals surface area contributed by atoms with E-state index in [2.05, 4.69) is 0 Å². The third-order valence-electron chi connectivity index (χ3n) is 1.63. The molecule has 2 unspecified atom stereocenters. The molecule has 0 aromatic carbocycles. The summed E-state index contributed by atoms with van der Waals surface area (Å²) in [6, 6.07) is 0. The lowest BCUT2D eigenvalue weighted by molar-refractivity contribution is -0.414. The Kier molecular flexibility index (Phi) is 2.98. The molecule has 72 valence electrons. The van der Waals surface area contributed by atoms with E-state index in [4.69, 9.17) is 4.74 Å². The van der Waals surface area contributed by atoms with Crippen molar-refractivity contribution in [3.8, 4) is 0 Å². The molecule has 1 rings (SSSR count). The van der Waals surface area contributed by atoms with Crippen LogP contribution in [0.5, 0.6) is 0 Å². The molecule has 2 atom stereocenters. The molecule has 0 N–H and O–H groups in total. The van der Waals surface area contributed by atoms with E-state index in [9.17, 15) is 14.5 Å². The van der Waals surface area contributed by atoms with Gasteiger partial charge in [-0.05, 0) is 18.6 Å². The second-order valence-electron chi connectivity index (χ2n) is 2.53. The summed E-state index contributed by atoms with van der Waals surface area (Å²) in [7, 11) is 0.879. The van der Waals surface area contributed by atoms with Gasteiger partial charge in [-0.2, -0.15) is 0 Å². The fourth-order valence-corrected chi connectivity index (χ4v) is 2.24. The fraction of sp³-hybridized carbons (Fsp3) is 0.429. The molecule has 0 saturated carbocycles. The van der Waals surface area contributed by atoms with E-state index in [1.165, 1.54) is 13.2 Å². The zero-order valence-corrected chi connectivity index (χ0v) is 8.20. The number of nitro groups is 1. The highest BCUT2D eigenvalue weighted by Gasteiger charge is 2.29. The van der Waals surface area contributed by atoms with Gasteiger partial charge in [-0.3, -0.25) is 10.1 Å². The molecule has 0 bridgehead atoms. The Hall–Kier alpha value is -0.960. The number of halogens is 1. The second kappa shape index (κ2) is 3.83. The number of ether oxygens (including phenoxy) is 1. The monoisotopic (exact) mass is 205 g/mol. The Labute approximate surface area is 76.4 Å². The molecule has 0 aromatic heterocycles. The van der Waals surface area contributed by atoms with Crippen LogP contribution in [0.25, 0.3) is 0 Å². The number of nitrogens with zero attached hydrogens (tertiary/aromatic N) is 1. The van der Waals surface area contributed by atoms with Gasteiger partial charge < -0.3 is 4.74 Å². The van der Waals surface area contributed by atoms with Gasteiger partial charge in [0.2, 0.25) is 0 Å². The third-order valence-corrected chi connectivity index (χ3v) is 2.76. The van der Waals surface area contributed by atoms with Crippen molar-refractivity contribution < 1.29 is 14.1 Å². The summed E-state index contributed by atoms with van der Waals surface area (Å²) in [4.78, 5) is 9.91. The van der Waals surface area contributed by atoms with Crippen LogP contribution >= 0.6 is 8.58 Å². The zero-order chi connectivity index (χ0) is 10.0. The van der Waals surface area contributed by atoms with Crippen molar-refractivity contribution in [2.24, 2.45) is 0 Å². The molecule has 0 aromatic rings. The standard InChI is InChI=1S/C7H9FNO3P/c1-4-3-5(8)13-7(9(10)11)6(4)12-2/h3,5,13H,1-2H3. The van der Waals surface area contributed by atoms with E-state index in [1.54, 1.807) is 6.92 Å². The number of alkyl halides is 1. The minimum absolute atomic E-state index is 0.157. The van der Waals surface area contributed by atoms with Crippen LogP contribution in [0.15, 0.2) is 22.8 Å². The highest BCUT2D eigenvalue weighted by Crippen LogP contribution is 2.40. The Morgan fingerprint density at radius 1 is 1.77 bits per heavy atom.